The average molecular weight is 418 g/mol. The van der Waals surface area contributed by atoms with Gasteiger partial charge >= 0.3 is 6.03 Å². The van der Waals surface area contributed by atoms with Crippen LogP contribution in [-0.4, -0.2) is 24.1 Å². The number of nitrogens with one attached hydrogen (secondary N) is 3. The monoisotopic (exact) mass is 416 g/mol. The van der Waals surface area contributed by atoms with Gasteiger partial charge in [-0.2, -0.15) is 0 Å². The molecule has 0 bridgehead atoms. The first-order chi connectivity index (χ1) is 12.4. The van der Waals surface area contributed by atoms with Gasteiger partial charge < -0.3 is 16.0 Å². The maximum atomic E-state index is 13.1. The van der Waals surface area contributed by atoms with Crippen LogP contribution in [0.1, 0.15) is 12.8 Å². The summed E-state index contributed by atoms with van der Waals surface area (Å²) >= 11 is 17.9. The summed E-state index contributed by atoms with van der Waals surface area (Å²) < 4.78 is 13.1. The molecule has 1 heterocycles. The fourth-order valence-electron chi connectivity index (χ4n) is 2.47. The summed E-state index contributed by atoms with van der Waals surface area (Å²) in [5, 5.41) is 9.55. The van der Waals surface area contributed by atoms with E-state index in [4.69, 9.17) is 34.8 Å². The molecule has 0 atom stereocenters. The predicted molar refractivity (Wildman–Crippen MR) is 103 cm³/mol. The maximum absolute atomic E-state index is 13.1. The Kier molecular flexibility index (Phi) is 5.75. The number of amides is 2. The molecule has 2 aromatic rings. The fraction of sp³-hybridized carbons (Fsp3) is 0.294. The summed E-state index contributed by atoms with van der Waals surface area (Å²) in [4.78, 5) is 15.9. The summed E-state index contributed by atoms with van der Waals surface area (Å²) in [7, 11) is 0. The number of nitrogens with zero attached hydrogens (tertiary/aromatic N) is 1. The zero-order valence-corrected chi connectivity index (χ0v) is 15.9. The largest absolute Gasteiger partial charge is 0.382 e. The number of aromatic nitrogens is 1. The number of pyridine rings is 1. The molecule has 2 amide bonds. The van der Waals surface area contributed by atoms with Gasteiger partial charge in [-0.05, 0) is 31.0 Å². The quantitative estimate of drug-likeness (QED) is 0.605. The van der Waals surface area contributed by atoms with Crippen LogP contribution < -0.4 is 16.0 Å². The van der Waals surface area contributed by atoms with Gasteiger partial charge in [-0.25, -0.2) is 9.18 Å². The standard InChI is InChI=1S/C17H16Cl3FN4O/c18-11-5-10(1-2-14(11)21)25-16(26)24-9-17(3-4-17)8-23-15-12(19)6-22-7-13(15)20/h1-2,5-7H,3-4,8-9H2,(H,22,23)(H2,24,25,26). The number of anilines is 2. The Morgan fingerprint density at radius 1 is 1.12 bits per heavy atom. The third-order valence-corrected chi connectivity index (χ3v) is 5.11. The van der Waals surface area contributed by atoms with Crippen molar-refractivity contribution in [2.24, 2.45) is 5.41 Å². The van der Waals surface area contributed by atoms with E-state index < -0.39 is 5.82 Å². The Bertz CT molecular complexity index is 809. The van der Waals surface area contributed by atoms with Crippen molar-refractivity contribution >= 4 is 52.2 Å². The van der Waals surface area contributed by atoms with E-state index in [1.165, 1.54) is 30.6 Å². The maximum Gasteiger partial charge on any atom is 0.319 e. The van der Waals surface area contributed by atoms with Gasteiger partial charge in [-0.15, -0.1) is 0 Å². The number of urea groups is 1. The molecule has 0 radical (unpaired) electrons. The van der Waals surface area contributed by atoms with Crippen molar-refractivity contribution in [3.05, 3.63) is 51.5 Å². The second-order valence-electron chi connectivity index (χ2n) is 6.27. The molecule has 3 N–H and O–H groups in total. The van der Waals surface area contributed by atoms with Crippen LogP contribution in [0.3, 0.4) is 0 Å². The highest BCUT2D eigenvalue weighted by Crippen LogP contribution is 2.45. The molecule has 0 saturated heterocycles. The van der Waals surface area contributed by atoms with Crippen molar-refractivity contribution in [3.8, 4) is 0 Å². The van der Waals surface area contributed by atoms with E-state index in [-0.39, 0.29) is 16.5 Å². The molecule has 26 heavy (non-hydrogen) atoms. The van der Waals surface area contributed by atoms with Crippen LogP contribution in [0.4, 0.5) is 20.6 Å². The van der Waals surface area contributed by atoms with Crippen molar-refractivity contribution in [2.75, 3.05) is 23.7 Å². The minimum Gasteiger partial charge on any atom is -0.382 e. The van der Waals surface area contributed by atoms with Gasteiger partial charge in [-0.3, -0.25) is 4.98 Å². The van der Waals surface area contributed by atoms with E-state index in [2.05, 4.69) is 20.9 Å². The molecule has 5 nitrogen and oxygen atoms in total. The van der Waals surface area contributed by atoms with Crippen molar-refractivity contribution in [2.45, 2.75) is 12.8 Å². The minimum absolute atomic E-state index is 0.0447. The highest BCUT2D eigenvalue weighted by molar-refractivity contribution is 6.38. The number of rotatable bonds is 6. The average Bonchev–Trinajstić information content (AvgIpc) is 3.36. The molecular formula is C17H16Cl3FN4O. The van der Waals surface area contributed by atoms with Crippen molar-refractivity contribution in [1.82, 2.24) is 10.3 Å². The summed E-state index contributed by atoms with van der Waals surface area (Å²) in [6.45, 7) is 1.11. The van der Waals surface area contributed by atoms with E-state index in [9.17, 15) is 9.18 Å². The molecule has 0 unspecified atom stereocenters. The van der Waals surface area contributed by atoms with Gasteiger partial charge in [0.25, 0.3) is 0 Å². The van der Waals surface area contributed by atoms with E-state index >= 15 is 0 Å². The molecule has 9 heteroatoms. The number of halogens is 4. The number of hydrogen-bond acceptors (Lipinski definition) is 3. The summed E-state index contributed by atoms with van der Waals surface area (Å²) in [5.74, 6) is -0.533. The molecule has 1 aliphatic rings. The van der Waals surface area contributed by atoms with Gasteiger partial charge in [0.05, 0.1) is 20.8 Å². The molecule has 138 valence electrons. The molecule has 0 spiro atoms. The Morgan fingerprint density at radius 2 is 1.81 bits per heavy atom. The Balaban J connectivity index is 1.50. The minimum atomic E-state index is -0.533. The second kappa shape index (κ2) is 7.86. The topological polar surface area (TPSA) is 66.0 Å². The Hall–Kier alpha value is -1.76. The molecule has 0 aliphatic heterocycles. The van der Waals surface area contributed by atoms with Gasteiger partial charge in [0.15, 0.2) is 0 Å². The Morgan fingerprint density at radius 3 is 2.42 bits per heavy atom. The third kappa shape index (κ3) is 4.69. The lowest BCUT2D eigenvalue weighted by Crippen LogP contribution is -2.36. The molecule has 1 fully saturated rings. The zero-order chi connectivity index (χ0) is 18.7. The second-order valence-corrected chi connectivity index (χ2v) is 7.49. The van der Waals surface area contributed by atoms with Crippen LogP contribution in [0.25, 0.3) is 0 Å². The van der Waals surface area contributed by atoms with Crippen LogP contribution >= 0.6 is 34.8 Å². The van der Waals surface area contributed by atoms with Gasteiger partial charge in [0.1, 0.15) is 5.82 Å². The molecule has 1 saturated carbocycles. The number of carbonyl (C=O) groups is 1. The summed E-state index contributed by atoms with van der Waals surface area (Å²) in [6.07, 6.45) is 5.00. The van der Waals surface area contributed by atoms with Gasteiger partial charge in [-0.1, -0.05) is 34.8 Å². The molecule has 1 aromatic carbocycles. The zero-order valence-electron chi connectivity index (χ0n) is 13.6. The highest BCUT2D eigenvalue weighted by atomic mass is 35.5. The van der Waals surface area contributed by atoms with Crippen LogP contribution in [-0.2, 0) is 0 Å². The molecule has 3 rings (SSSR count). The SMILES string of the molecule is O=C(NCC1(CNc2c(Cl)cncc2Cl)CC1)Nc1ccc(F)c(Cl)c1. The lowest BCUT2D eigenvalue weighted by Gasteiger charge is -2.19. The smallest absolute Gasteiger partial charge is 0.319 e. The predicted octanol–water partition coefficient (Wildman–Crippen LogP) is 5.19. The van der Waals surface area contributed by atoms with E-state index in [0.717, 1.165) is 12.8 Å². The molecular weight excluding hydrogens is 402 g/mol. The number of benzene rings is 1. The van der Waals surface area contributed by atoms with Crippen molar-refractivity contribution in [1.29, 1.82) is 0 Å². The fourth-order valence-corrected chi connectivity index (χ4v) is 3.14. The van der Waals surface area contributed by atoms with Crippen molar-refractivity contribution < 1.29 is 9.18 Å². The lowest BCUT2D eigenvalue weighted by molar-refractivity contribution is 0.250. The van der Waals surface area contributed by atoms with Crippen LogP contribution in [0, 0.1) is 11.2 Å². The summed E-state index contributed by atoms with van der Waals surface area (Å²) in [6, 6.07) is 3.63. The first-order valence-electron chi connectivity index (χ1n) is 7.91. The van der Waals surface area contributed by atoms with E-state index in [0.29, 0.717) is 34.5 Å². The van der Waals surface area contributed by atoms with Crippen LogP contribution in [0.2, 0.25) is 15.1 Å². The van der Waals surface area contributed by atoms with E-state index in [1.54, 1.807) is 0 Å². The number of hydrogen-bond donors (Lipinski definition) is 3. The lowest BCUT2D eigenvalue weighted by atomic mass is 10.1. The third-order valence-electron chi connectivity index (χ3n) is 4.25. The van der Waals surface area contributed by atoms with Crippen LogP contribution in [0.5, 0.6) is 0 Å². The molecule has 1 aromatic heterocycles. The Labute approximate surface area is 165 Å². The van der Waals surface area contributed by atoms with E-state index in [1.807, 2.05) is 0 Å². The summed E-state index contributed by atoms with van der Waals surface area (Å²) in [5.41, 5.74) is 1.01. The first kappa shape index (κ1) is 19.0. The van der Waals surface area contributed by atoms with Crippen molar-refractivity contribution in [3.63, 3.8) is 0 Å². The van der Waals surface area contributed by atoms with Crippen LogP contribution in [0.15, 0.2) is 30.6 Å². The van der Waals surface area contributed by atoms with Gasteiger partial charge in [0.2, 0.25) is 0 Å². The first-order valence-corrected chi connectivity index (χ1v) is 9.05. The normalized spacial score (nSPS) is 14.6. The number of carbonyl (C=O) groups excluding carboxylic acids is 1. The highest BCUT2D eigenvalue weighted by Gasteiger charge is 2.42. The van der Waals surface area contributed by atoms with Gasteiger partial charge in [0, 0.05) is 36.6 Å². The molecule has 1 aliphatic carbocycles.